The molecule has 33 valence electrons. The van der Waals surface area contributed by atoms with E-state index in [1.165, 1.54) is 0 Å². The average Bonchev–Trinajstić information content (AvgIpc) is 1.65. The predicted octanol–water partition coefficient (Wildman–Crippen LogP) is 0.552. The Morgan fingerprint density at radius 3 is 2.50 bits per heavy atom. The Labute approximate surface area is 41.2 Å². The number of aldehydes is 1. The lowest BCUT2D eigenvalue weighted by Gasteiger charge is -1.89. The van der Waals surface area contributed by atoms with Crippen molar-refractivity contribution in [2.75, 3.05) is 0 Å². The van der Waals surface area contributed by atoms with Crippen LogP contribution in [-0.2, 0) is 4.79 Å². The summed E-state index contributed by atoms with van der Waals surface area (Å²) < 4.78 is 0. The highest BCUT2D eigenvalue weighted by Gasteiger charge is 1.89. The molecule has 0 aliphatic rings. The minimum absolute atomic E-state index is 0.0602. The highest BCUT2D eigenvalue weighted by atomic mass is 28.1. The topological polar surface area (TPSA) is 17.1 Å². The summed E-state index contributed by atoms with van der Waals surface area (Å²) in [5.74, 6) is 0. The van der Waals surface area contributed by atoms with Gasteiger partial charge in [0.25, 0.3) is 0 Å². The van der Waals surface area contributed by atoms with Gasteiger partial charge >= 0.3 is 0 Å². The molecule has 0 saturated carbocycles. The summed E-state index contributed by atoms with van der Waals surface area (Å²) in [5.41, 5.74) is 0.0602. The normalized spacial score (nSPS) is 13.7. The molecule has 0 amide bonds. The van der Waals surface area contributed by atoms with Gasteiger partial charge in [-0.1, -0.05) is 6.92 Å². The Morgan fingerprint density at radius 1 is 2.00 bits per heavy atom. The van der Waals surface area contributed by atoms with Gasteiger partial charge in [0, 0.05) is 15.8 Å². The molecular weight excluding hydrogens is 92.1 g/mol. The second-order valence-electron chi connectivity index (χ2n) is 1.15. The smallest absolute Gasteiger partial charge is 0.119 e. The molecule has 1 nitrogen and oxygen atoms in total. The van der Waals surface area contributed by atoms with E-state index >= 15 is 0 Å². The first-order valence-corrected chi connectivity index (χ1v) is 2.55. The van der Waals surface area contributed by atoms with E-state index in [9.17, 15) is 4.79 Å². The number of carbonyl (C=O) groups is 1. The second-order valence-corrected chi connectivity index (χ2v) is 1.89. The average molecular weight is 99.2 g/mol. The van der Waals surface area contributed by atoms with E-state index in [2.05, 4.69) is 10.2 Å². The molecule has 0 heterocycles. The third-order valence-electron chi connectivity index (χ3n) is 0.604. The van der Waals surface area contributed by atoms with E-state index in [4.69, 9.17) is 0 Å². The van der Waals surface area contributed by atoms with E-state index in [-0.39, 0.29) is 5.54 Å². The zero-order valence-electron chi connectivity index (χ0n) is 3.77. The molecule has 0 saturated heterocycles. The van der Waals surface area contributed by atoms with Crippen molar-refractivity contribution in [2.45, 2.75) is 18.9 Å². The van der Waals surface area contributed by atoms with Gasteiger partial charge in [-0.15, -0.1) is 0 Å². The van der Waals surface area contributed by atoms with Crippen LogP contribution in [0, 0.1) is 0 Å². The number of carbonyl (C=O) groups excluding carboxylic acids is 1. The van der Waals surface area contributed by atoms with Crippen molar-refractivity contribution in [3.8, 4) is 0 Å². The van der Waals surface area contributed by atoms with E-state index in [1.54, 1.807) is 0 Å². The molecule has 0 bridgehead atoms. The summed E-state index contributed by atoms with van der Waals surface area (Å²) in [7, 11) is 3.15. The molecular formula is C4H7OSi. The van der Waals surface area contributed by atoms with Crippen LogP contribution in [0.15, 0.2) is 0 Å². The molecule has 0 aromatic heterocycles. The third kappa shape index (κ3) is 2.14. The number of hydrogen-bond donors (Lipinski definition) is 0. The zero-order chi connectivity index (χ0) is 4.99. The molecule has 6 heavy (non-hydrogen) atoms. The van der Waals surface area contributed by atoms with Crippen molar-refractivity contribution in [3.63, 3.8) is 0 Å². The lowest BCUT2D eigenvalue weighted by Crippen LogP contribution is -1.87. The fraction of sp³-hybridized carbons (Fsp3) is 0.750. The molecule has 0 fully saturated rings. The Bertz CT molecular complexity index is 44.8. The fourth-order valence-electron chi connectivity index (χ4n) is 0.0962. The first-order chi connectivity index (χ1) is 2.81. The molecule has 0 aromatic carbocycles. The fourth-order valence-corrected chi connectivity index (χ4v) is 0.0962. The molecule has 0 rings (SSSR count). The van der Waals surface area contributed by atoms with Gasteiger partial charge < -0.3 is 4.79 Å². The van der Waals surface area contributed by atoms with Gasteiger partial charge in [0.05, 0.1) is 0 Å². The first kappa shape index (κ1) is 5.89. The van der Waals surface area contributed by atoms with Crippen LogP contribution in [0.25, 0.3) is 0 Å². The minimum Gasteiger partial charge on any atom is -0.303 e. The largest absolute Gasteiger partial charge is 0.303 e. The molecule has 0 aliphatic carbocycles. The van der Waals surface area contributed by atoms with Crippen LogP contribution in [0.1, 0.15) is 13.3 Å². The van der Waals surface area contributed by atoms with Crippen LogP contribution in [0.3, 0.4) is 0 Å². The minimum atomic E-state index is 0.0602. The molecule has 0 aliphatic heterocycles. The Hall–Kier alpha value is -0.113. The van der Waals surface area contributed by atoms with Gasteiger partial charge in [-0.3, -0.25) is 0 Å². The standard InChI is InChI=1S/C4H7OSi/c1-2-4(6)3-5/h3-4H,2H2,1H3. The SMILES string of the molecule is CCC([Si])C=O. The predicted molar refractivity (Wildman–Crippen MR) is 25.9 cm³/mol. The van der Waals surface area contributed by atoms with Crippen molar-refractivity contribution in [1.82, 2.24) is 0 Å². The van der Waals surface area contributed by atoms with Gasteiger partial charge in [-0.2, -0.15) is 0 Å². The van der Waals surface area contributed by atoms with Crippen molar-refractivity contribution >= 4 is 16.5 Å². The summed E-state index contributed by atoms with van der Waals surface area (Å²) in [6.07, 6.45) is 1.76. The van der Waals surface area contributed by atoms with Gasteiger partial charge in [0.15, 0.2) is 0 Å². The lowest BCUT2D eigenvalue weighted by atomic mass is 10.4. The Morgan fingerprint density at radius 2 is 2.50 bits per heavy atom. The van der Waals surface area contributed by atoms with Crippen molar-refractivity contribution in [2.24, 2.45) is 0 Å². The Kier molecular flexibility index (Phi) is 3.03. The molecule has 0 N–H and O–H groups in total. The summed E-state index contributed by atoms with van der Waals surface area (Å²) >= 11 is 0. The van der Waals surface area contributed by atoms with E-state index < -0.39 is 0 Å². The van der Waals surface area contributed by atoms with Gasteiger partial charge in [-0.05, 0) is 6.42 Å². The molecule has 1 atom stereocenters. The lowest BCUT2D eigenvalue weighted by molar-refractivity contribution is -0.107. The van der Waals surface area contributed by atoms with Crippen molar-refractivity contribution in [3.05, 3.63) is 0 Å². The molecule has 0 aromatic rings. The van der Waals surface area contributed by atoms with Gasteiger partial charge in [0.1, 0.15) is 6.29 Å². The summed E-state index contributed by atoms with van der Waals surface area (Å²) in [6, 6.07) is 0. The molecule has 1 unspecified atom stereocenters. The molecule has 3 radical (unpaired) electrons. The molecule has 0 spiro atoms. The maximum absolute atomic E-state index is 9.69. The van der Waals surface area contributed by atoms with Crippen LogP contribution < -0.4 is 0 Å². The number of hydrogen-bond acceptors (Lipinski definition) is 1. The first-order valence-electron chi connectivity index (χ1n) is 1.97. The highest BCUT2D eigenvalue weighted by Crippen LogP contribution is 1.95. The van der Waals surface area contributed by atoms with Crippen molar-refractivity contribution in [1.29, 1.82) is 0 Å². The van der Waals surface area contributed by atoms with Crippen molar-refractivity contribution < 1.29 is 4.79 Å². The molecule has 2 heteroatoms. The third-order valence-corrected chi connectivity index (χ3v) is 1.15. The summed E-state index contributed by atoms with van der Waals surface area (Å²) in [6.45, 7) is 1.95. The monoisotopic (exact) mass is 99.0 g/mol. The van der Waals surface area contributed by atoms with Crippen LogP contribution in [0.4, 0.5) is 0 Å². The van der Waals surface area contributed by atoms with E-state index in [0.717, 1.165) is 12.7 Å². The van der Waals surface area contributed by atoms with E-state index in [0.29, 0.717) is 0 Å². The highest BCUT2D eigenvalue weighted by molar-refractivity contribution is 6.19. The number of rotatable bonds is 2. The maximum Gasteiger partial charge on any atom is 0.119 e. The zero-order valence-corrected chi connectivity index (χ0v) is 4.77. The van der Waals surface area contributed by atoms with Crippen LogP contribution in [0.5, 0.6) is 0 Å². The maximum atomic E-state index is 9.69. The van der Waals surface area contributed by atoms with E-state index in [1.807, 2.05) is 6.92 Å². The van der Waals surface area contributed by atoms with Gasteiger partial charge in [0.2, 0.25) is 0 Å². The summed E-state index contributed by atoms with van der Waals surface area (Å²) in [5, 5.41) is 0. The van der Waals surface area contributed by atoms with Crippen LogP contribution >= 0.6 is 0 Å². The Balaban J connectivity index is 2.96. The quantitative estimate of drug-likeness (QED) is 0.365. The van der Waals surface area contributed by atoms with Crippen LogP contribution in [0.2, 0.25) is 5.54 Å². The van der Waals surface area contributed by atoms with Crippen LogP contribution in [-0.4, -0.2) is 16.5 Å². The summed E-state index contributed by atoms with van der Waals surface area (Å²) in [4.78, 5) is 9.69. The van der Waals surface area contributed by atoms with Gasteiger partial charge in [-0.25, -0.2) is 0 Å². The second kappa shape index (κ2) is 3.09.